The summed E-state index contributed by atoms with van der Waals surface area (Å²) in [5, 5.41) is 11.1. The lowest BCUT2D eigenvalue weighted by Gasteiger charge is -2.06. The quantitative estimate of drug-likeness (QED) is 0.881. The molecule has 0 aliphatic heterocycles. The molecule has 84 valence electrons. The van der Waals surface area contributed by atoms with Gasteiger partial charge in [0.1, 0.15) is 11.7 Å². The van der Waals surface area contributed by atoms with Crippen molar-refractivity contribution in [2.45, 2.75) is 13.5 Å². The van der Waals surface area contributed by atoms with Crippen LogP contribution in [0.1, 0.15) is 12.5 Å². The molecular weight excluding hydrogens is 231 g/mol. The lowest BCUT2D eigenvalue weighted by Crippen LogP contribution is -2.27. The molecule has 0 bridgehead atoms. The third-order valence-electron chi connectivity index (χ3n) is 2.04. The average molecular weight is 241 g/mol. The highest BCUT2D eigenvalue weighted by molar-refractivity contribution is 6.30. The van der Waals surface area contributed by atoms with Crippen LogP contribution in [0.5, 0.6) is 0 Å². The molecule has 0 radical (unpaired) electrons. The monoisotopic (exact) mass is 240 g/mol. The number of halogens is 2. The Bertz CT molecular complexity index is 442. The summed E-state index contributed by atoms with van der Waals surface area (Å²) in [5.74, 6) is -1.55. The summed E-state index contributed by atoms with van der Waals surface area (Å²) in [5.41, 5.74) is 0.685. The first-order valence-corrected chi connectivity index (χ1v) is 5.03. The number of nitrogens with zero attached hydrogens (tertiary/aromatic N) is 1. The number of rotatable bonds is 3. The fraction of sp³-hybridized carbons (Fsp3) is 0.273. The highest BCUT2D eigenvalue weighted by atomic mass is 35.5. The van der Waals surface area contributed by atoms with Crippen LogP contribution >= 0.6 is 11.6 Å². The lowest BCUT2D eigenvalue weighted by molar-refractivity contribution is -0.123. The second-order valence-electron chi connectivity index (χ2n) is 3.32. The van der Waals surface area contributed by atoms with Crippen LogP contribution in [0.25, 0.3) is 0 Å². The minimum atomic E-state index is -0.698. The van der Waals surface area contributed by atoms with E-state index in [4.69, 9.17) is 16.9 Å². The summed E-state index contributed by atoms with van der Waals surface area (Å²) >= 11 is 5.58. The molecular formula is C11H10ClFN2O. The molecule has 0 aromatic heterocycles. The second kappa shape index (κ2) is 5.47. The fourth-order valence-corrected chi connectivity index (χ4v) is 1.25. The number of nitriles is 1. The molecule has 1 N–H and O–H groups in total. The number of hydrogen-bond donors (Lipinski definition) is 1. The van der Waals surface area contributed by atoms with Gasteiger partial charge in [0.25, 0.3) is 0 Å². The molecule has 1 aromatic carbocycles. The average Bonchev–Trinajstić information content (AvgIpc) is 2.29. The fourth-order valence-electron chi connectivity index (χ4n) is 1.05. The number of carbonyl (C=O) groups is 1. The van der Waals surface area contributed by atoms with E-state index in [-0.39, 0.29) is 17.5 Å². The van der Waals surface area contributed by atoms with E-state index in [9.17, 15) is 9.18 Å². The molecule has 0 saturated carbocycles. The van der Waals surface area contributed by atoms with E-state index >= 15 is 0 Å². The van der Waals surface area contributed by atoms with Crippen molar-refractivity contribution in [1.82, 2.24) is 5.32 Å². The first-order valence-electron chi connectivity index (χ1n) is 4.66. The second-order valence-corrected chi connectivity index (χ2v) is 3.72. The van der Waals surface area contributed by atoms with Gasteiger partial charge in [-0.05, 0) is 24.6 Å². The maximum Gasteiger partial charge on any atom is 0.237 e. The van der Waals surface area contributed by atoms with Crippen molar-refractivity contribution in [3.05, 3.63) is 34.6 Å². The topological polar surface area (TPSA) is 52.9 Å². The lowest BCUT2D eigenvalue weighted by atomic mass is 10.2. The highest BCUT2D eigenvalue weighted by Crippen LogP contribution is 2.15. The molecule has 5 heteroatoms. The molecule has 1 aromatic rings. The Kier molecular flexibility index (Phi) is 4.27. The number of nitrogens with one attached hydrogen (secondary N) is 1. The summed E-state index contributed by atoms with van der Waals surface area (Å²) in [4.78, 5) is 11.3. The van der Waals surface area contributed by atoms with Crippen LogP contribution in [-0.2, 0) is 11.3 Å². The van der Waals surface area contributed by atoms with Gasteiger partial charge in [-0.3, -0.25) is 4.79 Å². The molecule has 0 aliphatic rings. The van der Waals surface area contributed by atoms with Crippen LogP contribution in [0.4, 0.5) is 4.39 Å². The standard InChI is InChI=1S/C11H10ClFN2O/c1-7(5-14)11(16)15-6-8-2-3-10(13)9(12)4-8/h2-4,7H,6H2,1H3,(H,15,16). The van der Waals surface area contributed by atoms with Gasteiger partial charge in [0, 0.05) is 6.54 Å². The Morgan fingerprint density at radius 3 is 2.94 bits per heavy atom. The van der Waals surface area contributed by atoms with Crippen LogP contribution in [-0.4, -0.2) is 5.91 Å². The summed E-state index contributed by atoms with van der Waals surface area (Å²) in [6.07, 6.45) is 0. The van der Waals surface area contributed by atoms with Crippen LogP contribution < -0.4 is 5.32 Å². The normalized spacial score (nSPS) is 11.6. The molecule has 1 atom stereocenters. The maximum atomic E-state index is 12.8. The molecule has 0 aliphatic carbocycles. The zero-order valence-corrected chi connectivity index (χ0v) is 9.38. The first-order chi connectivity index (χ1) is 7.54. The van der Waals surface area contributed by atoms with E-state index in [0.29, 0.717) is 5.56 Å². The van der Waals surface area contributed by atoms with E-state index < -0.39 is 11.7 Å². The number of amides is 1. The SMILES string of the molecule is CC(C#N)C(=O)NCc1ccc(F)c(Cl)c1. The molecule has 16 heavy (non-hydrogen) atoms. The molecule has 0 fully saturated rings. The number of carbonyl (C=O) groups excluding carboxylic acids is 1. The molecule has 1 amide bonds. The third kappa shape index (κ3) is 3.21. The summed E-state index contributed by atoms with van der Waals surface area (Å²) in [7, 11) is 0. The molecule has 0 spiro atoms. The minimum Gasteiger partial charge on any atom is -0.351 e. The first kappa shape index (κ1) is 12.5. The van der Waals surface area contributed by atoms with Crippen LogP contribution in [0, 0.1) is 23.1 Å². The molecule has 0 heterocycles. The third-order valence-corrected chi connectivity index (χ3v) is 2.33. The Morgan fingerprint density at radius 2 is 2.38 bits per heavy atom. The van der Waals surface area contributed by atoms with Gasteiger partial charge in [-0.25, -0.2) is 4.39 Å². The molecule has 3 nitrogen and oxygen atoms in total. The molecule has 1 unspecified atom stereocenters. The maximum absolute atomic E-state index is 12.8. The zero-order chi connectivity index (χ0) is 12.1. The minimum absolute atomic E-state index is 0.0140. The predicted octanol–water partition coefficient (Wildman–Crippen LogP) is 2.25. The summed E-state index contributed by atoms with van der Waals surface area (Å²) < 4.78 is 12.8. The van der Waals surface area contributed by atoms with Gasteiger partial charge in [-0.2, -0.15) is 5.26 Å². The van der Waals surface area contributed by atoms with Crippen LogP contribution in [0.15, 0.2) is 18.2 Å². The predicted molar refractivity (Wildman–Crippen MR) is 58.0 cm³/mol. The van der Waals surface area contributed by atoms with Gasteiger partial charge < -0.3 is 5.32 Å². The van der Waals surface area contributed by atoms with Crippen LogP contribution in [0.2, 0.25) is 5.02 Å². The van der Waals surface area contributed by atoms with Gasteiger partial charge in [-0.1, -0.05) is 17.7 Å². The van der Waals surface area contributed by atoms with E-state index in [1.807, 2.05) is 6.07 Å². The number of hydrogen-bond acceptors (Lipinski definition) is 2. The van der Waals surface area contributed by atoms with Gasteiger partial charge in [0.15, 0.2) is 0 Å². The van der Waals surface area contributed by atoms with Gasteiger partial charge in [0.05, 0.1) is 11.1 Å². The smallest absolute Gasteiger partial charge is 0.237 e. The van der Waals surface area contributed by atoms with Gasteiger partial charge in [-0.15, -0.1) is 0 Å². The summed E-state index contributed by atoms with van der Waals surface area (Å²) in [6, 6.07) is 6.02. The van der Waals surface area contributed by atoms with Crippen molar-refractivity contribution in [3.8, 4) is 6.07 Å². The molecule has 0 saturated heterocycles. The van der Waals surface area contributed by atoms with Crippen LogP contribution in [0.3, 0.4) is 0 Å². The largest absolute Gasteiger partial charge is 0.351 e. The van der Waals surface area contributed by atoms with Gasteiger partial charge in [0.2, 0.25) is 5.91 Å². The Labute approximate surface area is 97.8 Å². The highest BCUT2D eigenvalue weighted by Gasteiger charge is 2.10. The van der Waals surface area contributed by atoms with Gasteiger partial charge >= 0.3 is 0 Å². The van der Waals surface area contributed by atoms with E-state index in [1.54, 1.807) is 0 Å². The van der Waals surface area contributed by atoms with Crippen molar-refractivity contribution >= 4 is 17.5 Å². The zero-order valence-electron chi connectivity index (χ0n) is 8.63. The molecule has 1 rings (SSSR count). The van der Waals surface area contributed by atoms with Crippen molar-refractivity contribution in [3.63, 3.8) is 0 Å². The van der Waals surface area contributed by atoms with Crippen molar-refractivity contribution in [2.75, 3.05) is 0 Å². The Balaban J connectivity index is 2.59. The van der Waals surface area contributed by atoms with E-state index in [0.717, 1.165) is 0 Å². The number of benzene rings is 1. The Hall–Kier alpha value is -1.60. The Morgan fingerprint density at radius 1 is 1.69 bits per heavy atom. The van der Waals surface area contributed by atoms with Crippen molar-refractivity contribution in [2.24, 2.45) is 5.92 Å². The van der Waals surface area contributed by atoms with E-state index in [2.05, 4.69) is 5.32 Å². The van der Waals surface area contributed by atoms with E-state index in [1.165, 1.54) is 25.1 Å². The van der Waals surface area contributed by atoms with Crippen molar-refractivity contribution in [1.29, 1.82) is 5.26 Å². The summed E-state index contributed by atoms with van der Waals surface area (Å²) in [6.45, 7) is 1.73. The van der Waals surface area contributed by atoms with Crippen molar-refractivity contribution < 1.29 is 9.18 Å².